The lowest BCUT2D eigenvalue weighted by molar-refractivity contribution is 0.102. The maximum absolute atomic E-state index is 13.5. The number of nitrogens with zero attached hydrogens (tertiary/aromatic N) is 1. The van der Waals surface area contributed by atoms with Crippen LogP contribution in [0.4, 0.5) is 5.69 Å². The number of pyridine rings is 1. The van der Waals surface area contributed by atoms with Crippen molar-refractivity contribution in [3.8, 4) is 11.3 Å². The Morgan fingerprint density at radius 2 is 1.65 bits per heavy atom. The number of benzene rings is 3. The molecular weight excluding hydrogens is 451 g/mol. The Hall–Kier alpha value is -2.59. The molecule has 1 aromatic heterocycles. The number of anilines is 1. The molecule has 1 amide bonds. The van der Waals surface area contributed by atoms with Gasteiger partial charge in [-0.25, -0.2) is 4.98 Å². The summed E-state index contributed by atoms with van der Waals surface area (Å²) in [7, 11) is 0. The fraction of sp³-hybridized carbons (Fsp3) is 0.120. The number of carbonyl (C=O) groups is 1. The van der Waals surface area contributed by atoms with Gasteiger partial charge < -0.3 is 5.32 Å². The molecule has 0 aliphatic heterocycles. The molecule has 6 heteroatoms. The summed E-state index contributed by atoms with van der Waals surface area (Å²) in [4.78, 5) is 18.4. The van der Waals surface area contributed by atoms with Crippen LogP contribution in [0.25, 0.3) is 22.2 Å². The molecule has 156 valence electrons. The van der Waals surface area contributed by atoms with Crippen molar-refractivity contribution in [3.63, 3.8) is 0 Å². The van der Waals surface area contributed by atoms with Gasteiger partial charge in [-0.1, -0.05) is 58.6 Å². The summed E-state index contributed by atoms with van der Waals surface area (Å²) in [6, 6.07) is 16.5. The number of amides is 1. The Morgan fingerprint density at radius 3 is 2.39 bits per heavy atom. The Kier molecular flexibility index (Phi) is 5.94. The SMILES string of the molecule is Cc1cc(C)c2nc(-c3cccc(Cl)c3)c(C)c(C(=O)Nc3cc(Cl)ccc3Cl)c2c1. The highest BCUT2D eigenvalue weighted by Gasteiger charge is 2.21. The minimum Gasteiger partial charge on any atom is -0.321 e. The summed E-state index contributed by atoms with van der Waals surface area (Å²) in [5.41, 5.74) is 6.14. The second kappa shape index (κ2) is 8.51. The largest absolute Gasteiger partial charge is 0.321 e. The first-order chi connectivity index (χ1) is 14.7. The lowest BCUT2D eigenvalue weighted by Crippen LogP contribution is -2.16. The summed E-state index contributed by atoms with van der Waals surface area (Å²) in [5, 5.41) is 5.22. The minimum atomic E-state index is -0.276. The summed E-state index contributed by atoms with van der Waals surface area (Å²) in [5.74, 6) is -0.276. The summed E-state index contributed by atoms with van der Waals surface area (Å²) in [6.07, 6.45) is 0. The van der Waals surface area contributed by atoms with E-state index in [1.165, 1.54) is 0 Å². The number of aromatic nitrogens is 1. The Morgan fingerprint density at radius 1 is 0.903 bits per heavy atom. The average molecular weight is 470 g/mol. The van der Waals surface area contributed by atoms with E-state index in [1.807, 2.05) is 51.1 Å². The first-order valence-corrected chi connectivity index (χ1v) is 10.8. The zero-order valence-corrected chi connectivity index (χ0v) is 19.5. The number of nitrogens with one attached hydrogen (secondary N) is 1. The van der Waals surface area contributed by atoms with Gasteiger partial charge in [0.05, 0.1) is 27.5 Å². The first kappa shape index (κ1) is 21.6. The van der Waals surface area contributed by atoms with Crippen molar-refractivity contribution in [2.24, 2.45) is 0 Å². The van der Waals surface area contributed by atoms with E-state index >= 15 is 0 Å². The van der Waals surface area contributed by atoms with Crippen LogP contribution in [0.5, 0.6) is 0 Å². The molecule has 0 atom stereocenters. The second-order valence-corrected chi connectivity index (χ2v) is 8.81. The van der Waals surface area contributed by atoms with Crippen LogP contribution in [0.2, 0.25) is 15.1 Å². The number of hydrogen-bond acceptors (Lipinski definition) is 2. The van der Waals surface area contributed by atoms with Crippen molar-refractivity contribution in [1.29, 1.82) is 0 Å². The third-order valence-corrected chi connectivity index (χ3v) is 5.97. The number of fused-ring (bicyclic) bond motifs is 1. The van der Waals surface area contributed by atoms with Crippen molar-refractivity contribution >= 4 is 57.3 Å². The fourth-order valence-electron chi connectivity index (χ4n) is 3.80. The molecule has 31 heavy (non-hydrogen) atoms. The maximum atomic E-state index is 13.5. The number of rotatable bonds is 3. The minimum absolute atomic E-state index is 0.276. The van der Waals surface area contributed by atoms with Gasteiger partial charge in [0.1, 0.15) is 0 Å². The molecule has 0 bridgehead atoms. The van der Waals surface area contributed by atoms with E-state index in [9.17, 15) is 4.79 Å². The molecular formula is C25H19Cl3N2O. The van der Waals surface area contributed by atoms with Gasteiger partial charge in [-0.05, 0) is 68.3 Å². The normalized spacial score (nSPS) is 11.0. The van der Waals surface area contributed by atoms with Crippen LogP contribution in [-0.2, 0) is 0 Å². The molecule has 0 saturated heterocycles. The smallest absolute Gasteiger partial charge is 0.256 e. The van der Waals surface area contributed by atoms with Crippen LogP contribution in [0.3, 0.4) is 0 Å². The van der Waals surface area contributed by atoms with Crippen molar-refractivity contribution in [1.82, 2.24) is 4.98 Å². The lowest BCUT2D eigenvalue weighted by atomic mass is 9.94. The second-order valence-electron chi connectivity index (χ2n) is 7.53. The quantitative estimate of drug-likeness (QED) is 0.330. The van der Waals surface area contributed by atoms with Crippen molar-refractivity contribution in [2.45, 2.75) is 20.8 Å². The summed E-state index contributed by atoms with van der Waals surface area (Å²) >= 11 is 18.6. The standard InChI is InChI=1S/C25H19Cl3N2O/c1-13-9-14(2)23-19(10-13)22(25(31)29-21-12-18(27)7-8-20(21)28)15(3)24(30-23)16-5-4-6-17(26)11-16/h4-12H,1-3H3,(H,29,31). The van der Waals surface area contributed by atoms with Gasteiger partial charge in [-0.15, -0.1) is 0 Å². The topological polar surface area (TPSA) is 42.0 Å². The van der Waals surface area contributed by atoms with Crippen LogP contribution in [0.1, 0.15) is 27.0 Å². The number of carbonyl (C=O) groups excluding carboxylic acids is 1. The Bertz CT molecular complexity index is 1350. The molecule has 0 aliphatic carbocycles. The van der Waals surface area contributed by atoms with E-state index in [2.05, 4.69) is 11.4 Å². The van der Waals surface area contributed by atoms with Gasteiger partial charge in [0.15, 0.2) is 0 Å². The summed E-state index contributed by atoms with van der Waals surface area (Å²) in [6.45, 7) is 5.89. The van der Waals surface area contributed by atoms with Crippen LogP contribution >= 0.6 is 34.8 Å². The third kappa shape index (κ3) is 4.27. The molecule has 0 fully saturated rings. The molecule has 1 heterocycles. The molecule has 3 aromatic carbocycles. The highest BCUT2D eigenvalue weighted by Crippen LogP contribution is 2.34. The molecule has 0 spiro atoms. The third-order valence-electron chi connectivity index (χ3n) is 5.17. The van der Waals surface area contributed by atoms with E-state index < -0.39 is 0 Å². The van der Waals surface area contributed by atoms with E-state index in [0.29, 0.717) is 32.0 Å². The van der Waals surface area contributed by atoms with Crippen LogP contribution < -0.4 is 5.32 Å². The van der Waals surface area contributed by atoms with Crippen molar-refractivity contribution in [3.05, 3.63) is 91.9 Å². The monoisotopic (exact) mass is 468 g/mol. The van der Waals surface area contributed by atoms with Gasteiger partial charge in [-0.3, -0.25) is 4.79 Å². The lowest BCUT2D eigenvalue weighted by Gasteiger charge is -2.17. The van der Waals surface area contributed by atoms with Gasteiger partial charge >= 0.3 is 0 Å². The Labute approximate surface area is 196 Å². The Balaban J connectivity index is 1.97. The molecule has 3 nitrogen and oxygen atoms in total. The molecule has 1 N–H and O–H groups in total. The number of halogens is 3. The fourth-order valence-corrected chi connectivity index (χ4v) is 4.33. The van der Waals surface area contributed by atoms with Crippen molar-refractivity contribution in [2.75, 3.05) is 5.32 Å². The molecule has 0 radical (unpaired) electrons. The number of hydrogen-bond donors (Lipinski definition) is 1. The molecule has 4 rings (SSSR count). The zero-order valence-electron chi connectivity index (χ0n) is 17.2. The van der Waals surface area contributed by atoms with Crippen LogP contribution in [0, 0.1) is 20.8 Å². The van der Waals surface area contributed by atoms with E-state index in [-0.39, 0.29) is 5.91 Å². The average Bonchev–Trinajstić information content (AvgIpc) is 2.70. The van der Waals surface area contributed by atoms with Crippen molar-refractivity contribution < 1.29 is 4.79 Å². The zero-order chi connectivity index (χ0) is 22.3. The van der Waals surface area contributed by atoms with Crippen LogP contribution in [-0.4, -0.2) is 10.9 Å². The molecule has 0 saturated carbocycles. The predicted molar refractivity (Wildman–Crippen MR) is 131 cm³/mol. The number of aryl methyl sites for hydroxylation is 2. The van der Waals surface area contributed by atoms with Gasteiger partial charge in [0.25, 0.3) is 5.91 Å². The van der Waals surface area contributed by atoms with E-state index in [4.69, 9.17) is 39.8 Å². The highest BCUT2D eigenvalue weighted by molar-refractivity contribution is 6.36. The summed E-state index contributed by atoms with van der Waals surface area (Å²) < 4.78 is 0. The van der Waals surface area contributed by atoms with Crippen LogP contribution in [0.15, 0.2) is 54.6 Å². The highest BCUT2D eigenvalue weighted by atomic mass is 35.5. The van der Waals surface area contributed by atoms with E-state index in [0.717, 1.165) is 33.2 Å². The van der Waals surface area contributed by atoms with Gasteiger partial charge in [-0.2, -0.15) is 0 Å². The first-order valence-electron chi connectivity index (χ1n) is 9.68. The molecule has 0 unspecified atom stereocenters. The maximum Gasteiger partial charge on any atom is 0.256 e. The van der Waals surface area contributed by atoms with Gasteiger partial charge in [0.2, 0.25) is 0 Å². The van der Waals surface area contributed by atoms with Gasteiger partial charge in [0, 0.05) is 21.0 Å². The molecule has 0 aliphatic rings. The van der Waals surface area contributed by atoms with E-state index in [1.54, 1.807) is 18.2 Å². The predicted octanol–water partition coefficient (Wildman–Crippen LogP) is 8.04. The molecule has 4 aromatic rings.